The predicted molar refractivity (Wildman–Crippen MR) is 73.4 cm³/mol. The molecule has 0 bridgehead atoms. The zero-order chi connectivity index (χ0) is 13.7. The number of anilines is 1. The van der Waals surface area contributed by atoms with Crippen molar-refractivity contribution in [1.29, 1.82) is 0 Å². The van der Waals surface area contributed by atoms with E-state index in [2.05, 4.69) is 10.4 Å². The topological polar surface area (TPSA) is 73.0 Å². The van der Waals surface area contributed by atoms with E-state index in [0.717, 1.165) is 19.5 Å². The summed E-state index contributed by atoms with van der Waals surface area (Å²) in [6.07, 6.45) is 4.52. The Morgan fingerprint density at radius 1 is 1.47 bits per heavy atom. The van der Waals surface area contributed by atoms with E-state index in [1.807, 2.05) is 16.9 Å². The summed E-state index contributed by atoms with van der Waals surface area (Å²) in [5, 5.41) is 18.2. The summed E-state index contributed by atoms with van der Waals surface area (Å²) in [6, 6.07) is 6.27. The molecule has 0 radical (unpaired) electrons. The molecule has 19 heavy (non-hydrogen) atoms. The second-order valence-corrected chi connectivity index (χ2v) is 4.38. The molecule has 6 nitrogen and oxygen atoms in total. The lowest BCUT2D eigenvalue weighted by Gasteiger charge is -2.08. The molecule has 0 aliphatic heterocycles. The summed E-state index contributed by atoms with van der Waals surface area (Å²) >= 11 is 5.97. The Morgan fingerprint density at radius 3 is 2.95 bits per heavy atom. The van der Waals surface area contributed by atoms with Crippen LogP contribution in [0.15, 0.2) is 36.7 Å². The van der Waals surface area contributed by atoms with E-state index in [9.17, 15) is 10.1 Å². The van der Waals surface area contributed by atoms with Crippen molar-refractivity contribution in [3.05, 3.63) is 51.8 Å². The van der Waals surface area contributed by atoms with Gasteiger partial charge in [-0.25, -0.2) is 0 Å². The lowest BCUT2D eigenvalue weighted by atomic mass is 10.2. The number of rotatable bonds is 6. The molecule has 0 saturated heterocycles. The lowest BCUT2D eigenvalue weighted by Crippen LogP contribution is -2.07. The number of nitro benzene ring substituents is 1. The number of nitrogens with zero attached hydrogens (tertiary/aromatic N) is 3. The fourth-order valence-corrected chi connectivity index (χ4v) is 1.90. The van der Waals surface area contributed by atoms with Crippen LogP contribution in [0.25, 0.3) is 0 Å². The van der Waals surface area contributed by atoms with Crippen LogP contribution < -0.4 is 5.32 Å². The molecule has 0 aliphatic rings. The first-order valence-electron chi connectivity index (χ1n) is 5.82. The van der Waals surface area contributed by atoms with E-state index < -0.39 is 4.92 Å². The summed E-state index contributed by atoms with van der Waals surface area (Å²) in [6.45, 7) is 1.53. The van der Waals surface area contributed by atoms with Crippen molar-refractivity contribution in [2.75, 3.05) is 11.9 Å². The molecule has 0 unspecified atom stereocenters. The van der Waals surface area contributed by atoms with Crippen molar-refractivity contribution in [1.82, 2.24) is 9.78 Å². The minimum Gasteiger partial charge on any atom is -0.384 e. The number of benzene rings is 1. The Hall–Kier alpha value is -2.08. The maximum absolute atomic E-state index is 10.6. The standard InChI is InChI=1S/C12H13ClN4O2/c13-11-9-10(17(18)19)3-4-12(11)14-5-1-7-16-8-2-6-15-16/h2-4,6,8-9,14H,1,5,7H2. The first kappa shape index (κ1) is 13.4. The number of nitro groups is 1. The molecule has 2 rings (SSSR count). The fourth-order valence-electron chi connectivity index (χ4n) is 1.66. The Morgan fingerprint density at radius 2 is 2.32 bits per heavy atom. The third kappa shape index (κ3) is 3.69. The number of aromatic nitrogens is 2. The Kier molecular flexibility index (Phi) is 4.35. The zero-order valence-corrected chi connectivity index (χ0v) is 10.9. The van der Waals surface area contributed by atoms with E-state index in [4.69, 9.17) is 11.6 Å². The molecule has 0 saturated carbocycles. The van der Waals surface area contributed by atoms with Gasteiger partial charge in [0.1, 0.15) is 0 Å². The van der Waals surface area contributed by atoms with Crippen molar-refractivity contribution >= 4 is 23.0 Å². The second-order valence-electron chi connectivity index (χ2n) is 3.97. The van der Waals surface area contributed by atoms with Crippen molar-refractivity contribution in [2.45, 2.75) is 13.0 Å². The number of aryl methyl sites for hydroxylation is 1. The van der Waals surface area contributed by atoms with Gasteiger partial charge in [0.25, 0.3) is 5.69 Å². The van der Waals surface area contributed by atoms with Crippen LogP contribution in [-0.4, -0.2) is 21.2 Å². The zero-order valence-electron chi connectivity index (χ0n) is 10.1. The molecule has 1 aromatic carbocycles. The quantitative estimate of drug-likeness (QED) is 0.501. The van der Waals surface area contributed by atoms with Crippen LogP contribution in [0, 0.1) is 10.1 Å². The van der Waals surface area contributed by atoms with Gasteiger partial charge < -0.3 is 5.32 Å². The average molecular weight is 281 g/mol. The minimum absolute atomic E-state index is 0.00732. The van der Waals surface area contributed by atoms with Gasteiger partial charge in [-0.1, -0.05) is 11.6 Å². The smallest absolute Gasteiger partial charge is 0.271 e. The molecule has 0 amide bonds. The van der Waals surface area contributed by atoms with Gasteiger partial charge in [0.05, 0.1) is 15.6 Å². The highest BCUT2D eigenvalue weighted by atomic mass is 35.5. The summed E-state index contributed by atoms with van der Waals surface area (Å²) in [4.78, 5) is 10.1. The van der Waals surface area contributed by atoms with Crippen LogP contribution in [0.4, 0.5) is 11.4 Å². The second kappa shape index (κ2) is 6.19. The average Bonchev–Trinajstić information content (AvgIpc) is 2.89. The third-order valence-corrected chi connectivity index (χ3v) is 2.91. The van der Waals surface area contributed by atoms with E-state index in [-0.39, 0.29) is 5.69 Å². The lowest BCUT2D eigenvalue weighted by molar-refractivity contribution is -0.384. The largest absolute Gasteiger partial charge is 0.384 e. The van der Waals surface area contributed by atoms with Gasteiger partial charge in [-0.15, -0.1) is 0 Å². The van der Waals surface area contributed by atoms with Crippen LogP contribution in [0.5, 0.6) is 0 Å². The van der Waals surface area contributed by atoms with Gasteiger partial charge in [-0.05, 0) is 18.6 Å². The first-order valence-corrected chi connectivity index (χ1v) is 6.20. The SMILES string of the molecule is O=[N+]([O-])c1ccc(NCCCn2cccn2)c(Cl)c1. The number of nitrogens with one attached hydrogen (secondary N) is 1. The van der Waals surface area contributed by atoms with Gasteiger partial charge in [-0.2, -0.15) is 5.10 Å². The molecule has 0 atom stereocenters. The van der Waals surface area contributed by atoms with E-state index in [1.54, 1.807) is 12.3 Å². The molecule has 100 valence electrons. The monoisotopic (exact) mass is 280 g/mol. The van der Waals surface area contributed by atoms with Crippen molar-refractivity contribution < 1.29 is 4.92 Å². The van der Waals surface area contributed by atoms with Crippen LogP contribution in [0.3, 0.4) is 0 Å². The summed E-state index contributed by atoms with van der Waals surface area (Å²) in [7, 11) is 0. The number of non-ortho nitro benzene ring substituents is 1. The third-order valence-electron chi connectivity index (χ3n) is 2.60. The Bertz CT molecular complexity index is 557. The predicted octanol–water partition coefficient (Wildman–Crippen LogP) is 2.95. The number of hydrogen-bond donors (Lipinski definition) is 1. The van der Waals surface area contributed by atoms with Crippen LogP contribution in [-0.2, 0) is 6.54 Å². The highest BCUT2D eigenvalue weighted by molar-refractivity contribution is 6.33. The van der Waals surface area contributed by atoms with Gasteiger partial charge in [0.2, 0.25) is 0 Å². The number of hydrogen-bond acceptors (Lipinski definition) is 4. The number of halogens is 1. The summed E-state index contributed by atoms with van der Waals surface area (Å²) < 4.78 is 1.85. The van der Waals surface area contributed by atoms with Crippen molar-refractivity contribution in [3.63, 3.8) is 0 Å². The molecule has 0 spiro atoms. The summed E-state index contributed by atoms with van der Waals surface area (Å²) in [5.41, 5.74) is 0.694. The van der Waals surface area contributed by atoms with Crippen LogP contribution >= 0.6 is 11.6 Å². The molecule has 0 fully saturated rings. The molecular weight excluding hydrogens is 268 g/mol. The van der Waals surface area contributed by atoms with Crippen molar-refractivity contribution in [2.24, 2.45) is 0 Å². The molecule has 0 aliphatic carbocycles. The van der Waals surface area contributed by atoms with E-state index in [1.165, 1.54) is 12.1 Å². The summed E-state index contributed by atoms with van der Waals surface area (Å²) in [5.74, 6) is 0. The van der Waals surface area contributed by atoms with Gasteiger partial charge in [-0.3, -0.25) is 14.8 Å². The van der Waals surface area contributed by atoms with Gasteiger partial charge >= 0.3 is 0 Å². The minimum atomic E-state index is -0.465. The van der Waals surface area contributed by atoms with Crippen LogP contribution in [0.2, 0.25) is 5.02 Å². The highest BCUT2D eigenvalue weighted by Gasteiger charge is 2.08. The molecular formula is C12H13ClN4O2. The first-order chi connectivity index (χ1) is 9.16. The normalized spacial score (nSPS) is 10.4. The maximum atomic E-state index is 10.6. The Labute approximate surface area is 115 Å². The molecule has 1 N–H and O–H groups in total. The van der Waals surface area contributed by atoms with E-state index >= 15 is 0 Å². The molecule has 2 aromatic rings. The molecule has 1 aromatic heterocycles. The van der Waals surface area contributed by atoms with Gasteiger partial charge in [0.15, 0.2) is 0 Å². The van der Waals surface area contributed by atoms with Crippen molar-refractivity contribution in [3.8, 4) is 0 Å². The molecule has 7 heteroatoms. The maximum Gasteiger partial charge on any atom is 0.271 e. The fraction of sp³-hybridized carbons (Fsp3) is 0.250. The van der Waals surface area contributed by atoms with Gasteiger partial charge in [0, 0.05) is 37.6 Å². The van der Waals surface area contributed by atoms with E-state index in [0.29, 0.717) is 10.7 Å². The van der Waals surface area contributed by atoms with Crippen LogP contribution in [0.1, 0.15) is 6.42 Å². The Balaban J connectivity index is 1.84. The highest BCUT2D eigenvalue weighted by Crippen LogP contribution is 2.26. The molecule has 1 heterocycles.